The SMILES string of the molecule is c1ccc(-c2ccc(N(c3cccc4ccccc34)c3cccc4sc5ccc6c7cc8ccccc8cc7sc6c5c34)cc2)cc1. The fourth-order valence-electron chi connectivity index (χ4n) is 7.23. The molecule has 0 aliphatic carbocycles. The Morgan fingerprint density at radius 1 is 0.362 bits per heavy atom. The summed E-state index contributed by atoms with van der Waals surface area (Å²) in [4.78, 5) is 2.48. The van der Waals surface area contributed by atoms with Gasteiger partial charge in [0.1, 0.15) is 0 Å². The maximum absolute atomic E-state index is 2.48. The van der Waals surface area contributed by atoms with E-state index >= 15 is 0 Å². The third-order valence-corrected chi connectivity index (χ3v) is 11.7. The van der Waals surface area contributed by atoms with Crippen molar-refractivity contribution in [2.75, 3.05) is 4.90 Å². The summed E-state index contributed by atoms with van der Waals surface area (Å²) in [5, 5.41) is 10.4. The largest absolute Gasteiger partial charge is 0.309 e. The Morgan fingerprint density at radius 2 is 1.02 bits per heavy atom. The molecule has 2 heterocycles. The minimum Gasteiger partial charge on any atom is -0.309 e. The van der Waals surface area contributed by atoms with Gasteiger partial charge in [-0.2, -0.15) is 0 Å². The van der Waals surface area contributed by atoms with Gasteiger partial charge in [0.25, 0.3) is 0 Å². The van der Waals surface area contributed by atoms with Crippen molar-refractivity contribution in [3.05, 3.63) is 164 Å². The lowest BCUT2D eigenvalue weighted by atomic mass is 10.0. The molecule has 2 aromatic heterocycles. The molecule has 0 aliphatic heterocycles. The van der Waals surface area contributed by atoms with Crippen LogP contribution in [0.3, 0.4) is 0 Å². The van der Waals surface area contributed by atoms with Crippen LogP contribution in [-0.2, 0) is 0 Å². The topological polar surface area (TPSA) is 3.24 Å². The zero-order valence-corrected chi connectivity index (χ0v) is 27.0. The molecular weight excluding hydrogens is 607 g/mol. The van der Waals surface area contributed by atoms with Crippen LogP contribution in [0, 0.1) is 0 Å². The number of anilines is 3. The Kier molecular flexibility index (Phi) is 5.98. The normalized spacial score (nSPS) is 11.8. The van der Waals surface area contributed by atoms with Gasteiger partial charge in [-0.15, -0.1) is 22.7 Å². The molecule has 1 nitrogen and oxygen atoms in total. The molecule has 3 heteroatoms. The van der Waals surface area contributed by atoms with Gasteiger partial charge < -0.3 is 4.90 Å². The van der Waals surface area contributed by atoms with Crippen molar-refractivity contribution >= 4 is 102 Å². The van der Waals surface area contributed by atoms with Crippen LogP contribution in [0.4, 0.5) is 17.1 Å². The predicted molar refractivity (Wildman–Crippen MR) is 207 cm³/mol. The number of hydrogen-bond acceptors (Lipinski definition) is 3. The Bertz CT molecular complexity index is 2780. The third kappa shape index (κ3) is 4.21. The lowest BCUT2D eigenvalue weighted by Gasteiger charge is -2.28. The van der Waals surface area contributed by atoms with E-state index in [1.54, 1.807) is 0 Å². The zero-order chi connectivity index (χ0) is 30.9. The molecular formula is C44H27NS2. The molecule has 0 amide bonds. The van der Waals surface area contributed by atoms with Crippen molar-refractivity contribution < 1.29 is 0 Å². The number of rotatable bonds is 4. The molecule has 8 aromatic carbocycles. The van der Waals surface area contributed by atoms with Gasteiger partial charge in [-0.3, -0.25) is 0 Å². The fraction of sp³-hybridized carbons (Fsp3) is 0. The van der Waals surface area contributed by atoms with Gasteiger partial charge in [0.15, 0.2) is 0 Å². The van der Waals surface area contributed by atoms with Gasteiger partial charge in [0.2, 0.25) is 0 Å². The van der Waals surface area contributed by atoms with E-state index in [1.807, 2.05) is 22.7 Å². The third-order valence-electron chi connectivity index (χ3n) is 9.42. The minimum absolute atomic E-state index is 1.14. The van der Waals surface area contributed by atoms with Crippen molar-refractivity contribution in [3.63, 3.8) is 0 Å². The highest BCUT2D eigenvalue weighted by Crippen LogP contribution is 2.50. The van der Waals surface area contributed by atoms with Crippen LogP contribution >= 0.6 is 22.7 Å². The van der Waals surface area contributed by atoms with Crippen LogP contribution in [0.5, 0.6) is 0 Å². The summed E-state index contributed by atoms with van der Waals surface area (Å²) in [6.45, 7) is 0. The van der Waals surface area contributed by atoms with Crippen LogP contribution in [0.25, 0.3) is 73.0 Å². The second-order valence-electron chi connectivity index (χ2n) is 12.1. The zero-order valence-electron chi connectivity index (χ0n) is 25.4. The number of thiophene rings is 2. The second kappa shape index (κ2) is 10.5. The average Bonchev–Trinajstić information content (AvgIpc) is 3.70. The van der Waals surface area contributed by atoms with Crippen LogP contribution in [-0.4, -0.2) is 0 Å². The van der Waals surface area contributed by atoms with Crippen molar-refractivity contribution in [1.82, 2.24) is 0 Å². The summed E-state index contributed by atoms with van der Waals surface area (Å²) < 4.78 is 5.33. The number of benzene rings is 8. The molecule has 0 radical (unpaired) electrons. The maximum atomic E-state index is 2.48. The van der Waals surface area contributed by atoms with E-state index in [-0.39, 0.29) is 0 Å². The Hall–Kier alpha value is -5.48. The van der Waals surface area contributed by atoms with E-state index < -0.39 is 0 Å². The average molecular weight is 634 g/mol. The first-order chi connectivity index (χ1) is 23.3. The first-order valence-electron chi connectivity index (χ1n) is 15.9. The lowest BCUT2D eigenvalue weighted by Crippen LogP contribution is -2.10. The Morgan fingerprint density at radius 3 is 1.87 bits per heavy atom. The molecule has 0 saturated heterocycles. The summed E-state index contributed by atoms with van der Waals surface area (Å²) in [6.07, 6.45) is 0. The van der Waals surface area contributed by atoms with Crippen molar-refractivity contribution in [2.45, 2.75) is 0 Å². The standard InChI is InChI=1S/C44H27NS2/c1-2-10-28(11-3-1)29-20-22-33(23-21-29)45(37-17-8-15-30-12-6-7-16-34(30)37)38-18-9-19-39-42(38)43-40(46-39)25-24-35-36-26-31-13-4-5-14-32(31)27-41(36)47-44(35)43/h1-27H. The molecule has 0 fully saturated rings. The van der Waals surface area contributed by atoms with Crippen molar-refractivity contribution in [3.8, 4) is 11.1 Å². The van der Waals surface area contributed by atoms with E-state index in [9.17, 15) is 0 Å². The second-order valence-corrected chi connectivity index (χ2v) is 14.2. The van der Waals surface area contributed by atoms with E-state index in [1.165, 1.54) is 84.4 Å². The molecule has 0 saturated carbocycles. The van der Waals surface area contributed by atoms with Crippen LogP contribution in [0.15, 0.2) is 164 Å². The molecule has 0 aliphatic rings. The molecule has 0 atom stereocenters. The first-order valence-corrected chi connectivity index (χ1v) is 17.6. The first kappa shape index (κ1) is 26.7. The summed E-state index contributed by atoms with van der Waals surface area (Å²) in [5.74, 6) is 0. The Balaban J connectivity index is 1.28. The van der Waals surface area contributed by atoms with Gasteiger partial charge in [0.05, 0.1) is 11.4 Å². The summed E-state index contributed by atoms with van der Waals surface area (Å²) in [7, 11) is 0. The highest BCUT2D eigenvalue weighted by molar-refractivity contribution is 7.30. The number of hydrogen-bond donors (Lipinski definition) is 0. The minimum atomic E-state index is 1.14. The molecule has 10 aromatic rings. The van der Waals surface area contributed by atoms with E-state index in [2.05, 4.69) is 169 Å². The van der Waals surface area contributed by atoms with Gasteiger partial charge in [0, 0.05) is 51.4 Å². The highest BCUT2D eigenvalue weighted by Gasteiger charge is 2.22. The van der Waals surface area contributed by atoms with Crippen LogP contribution in [0.1, 0.15) is 0 Å². The van der Waals surface area contributed by atoms with Gasteiger partial charge in [-0.1, -0.05) is 115 Å². The van der Waals surface area contributed by atoms with E-state index in [4.69, 9.17) is 0 Å². The van der Waals surface area contributed by atoms with Crippen molar-refractivity contribution in [1.29, 1.82) is 0 Å². The summed E-state index contributed by atoms with van der Waals surface area (Å²) >= 11 is 3.82. The lowest BCUT2D eigenvalue weighted by molar-refractivity contribution is 1.32. The molecule has 47 heavy (non-hydrogen) atoms. The van der Waals surface area contributed by atoms with Gasteiger partial charge >= 0.3 is 0 Å². The summed E-state index contributed by atoms with van der Waals surface area (Å²) in [5.41, 5.74) is 5.96. The smallest absolute Gasteiger partial charge is 0.0555 e. The van der Waals surface area contributed by atoms with Gasteiger partial charge in [-0.25, -0.2) is 0 Å². The molecule has 0 bridgehead atoms. The molecule has 10 rings (SSSR count). The quantitative estimate of drug-likeness (QED) is 0.186. The molecule has 0 spiro atoms. The number of nitrogens with zero attached hydrogens (tertiary/aromatic N) is 1. The number of fused-ring (bicyclic) bond motifs is 9. The highest BCUT2D eigenvalue weighted by atomic mass is 32.1. The predicted octanol–water partition coefficient (Wildman–Crippen LogP) is 13.9. The maximum Gasteiger partial charge on any atom is 0.0555 e. The Labute approximate surface area is 280 Å². The van der Waals surface area contributed by atoms with E-state index in [0.29, 0.717) is 0 Å². The van der Waals surface area contributed by atoms with Crippen molar-refractivity contribution in [2.24, 2.45) is 0 Å². The fourth-order valence-corrected chi connectivity index (χ4v) is 9.72. The summed E-state index contributed by atoms with van der Waals surface area (Å²) in [6, 6.07) is 60.0. The monoisotopic (exact) mass is 633 g/mol. The molecule has 220 valence electrons. The molecule has 0 N–H and O–H groups in total. The van der Waals surface area contributed by atoms with Crippen LogP contribution < -0.4 is 4.90 Å². The molecule has 0 unspecified atom stereocenters. The van der Waals surface area contributed by atoms with Gasteiger partial charge in [-0.05, 0) is 75.8 Å². The van der Waals surface area contributed by atoms with Crippen LogP contribution in [0.2, 0.25) is 0 Å². The van der Waals surface area contributed by atoms with E-state index in [0.717, 1.165) is 5.69 Å².